The van der Waals surface area contributed by atoms with E-state index in [0.29, 0.717) is 0 Å². The highest BCUT2D eigenvalue weighted by Crippen LogP contribution is 2.21. The summed E-state index contributed by atoms with van der Waals surface area (Å²) in [5, 5.41) is 3.27. The van der Waals surface area contributed by atoms with Crippen LogP contribution in [0.25, 0.3) is 0 Å². The van der Waals surface area contributed by atoms with E-state index in [-0.39, 0.29) is 5.54 Å². The van der Waals surface area contributed by atoms with E-state index in [1.165, 1.54) is 11.1 Å². The highest BCUT2D eigenvalue weighted by molar-refractivity contribution is 5.38. The van der Waals surface area contributed by atoms with E-state index >= 15 is 0 Å². The molecule has 90 valence electrons. The minimum atomic E-state index is 0.137. The summed E-state index contributed by atoms with van der Waals surface area (Å²) in [6.45, 7) is 9.32. The summed E-state index contributed by atoms with van der Waals surface area (Å²) in [7, 11) is 1.98. The average Bonchev–Trinajstić information content (AvgIpc) is 2.24. The van der Waals surface area contributed by atoms with Gasteiger partial charge < -0.3 is 10.1 Å². The second kappa shape index (κ2) is 5.35. The van der Waals surface area contributed by atoms with Gasteiger partial charge in [0.15, 0.2) is 0 Å². The molecule has 0 spiro atoms. The van der Waals surface area contributed by atoms with Gasteiger partial charge in [-0.25, -0.2) is 0 Å². The van der Waals surface area contributed by atoms with Crippen LogP contribution < -0.4 is 10.1 Å². The lowest BCUT2D eigenvalue weighted by Crippen LogP contribution is -2.37. The van der Waals surface area contributed by atoms with Crippen molar-refractivity contribution < 1.29 is 4.74 Å². The highest BCUT2D eigenvalue weighted by Gasteiger charge is 2.14. The van der Waals surface area contributed by atoms with Crippen LogP contribution in [0.5, 0.6) is 5.75 Å². The molecule has 0 fully saturated rings. The number of ether oxygens (including phenoxy) is 1. The van der Waals surface area contributed by atoms with Crippen molar-refractivity contribution in [3.8, 4) is 5.75 Å². The Labute approximate surface area is 99.0 Å². The molecule has 0 saturated heterocycles. The molecule has 2 nitrogen and oxygen atoms in total. The van der Waals surface area contributed by atoms with Crippen LogP contribution in [0.4, 0.5) is 0 Å². The maximum atomic E-state index is 5.82. The molecule has 0 aromatic heterocycles. The Morgan fingerprint density at radius 3 is 2.56 bits per heavy atom. The van der Waals surface area contributed by atoms with Crippen LogP contribution in [0, 0.1) is 13.8 Å². The first-order chi connectivity index (χ1) is 7.46. The Morgan fingerprint density at radius 2 is 1.94 bits per heavy atom. The van der Waals surface area contributed by atoms with Gasteiger partial charge in [0.25, 0.3) is 0 Å². The minimum Gasteiger partial charge on any atom is -0.493 e. The standard InChI is InChI=1S/C14H23NO/c1-11-7-6-8-13(12(11)2)16-10-9-14(3,4)15-5/h6-8,15H,9-10H2,1-5H3. The lowest BCUT2D eigenvalue weighted by atomic mass is 10.0. The highest BCUT2D eigenvalue weighted by atomic mass is 16.5. The van der Waals surface area contributed by atoms with Crippen LogP contribution in [-0.4, -0.2) is 19.2 Å². The molecular formula is C14H23NO. The molecule has 0 unspecified atom stereocenters. The molecule has 0 aliphatic carbocycles. The zero-order valence-electron chi connectivity index (χ0n) is 11.1. The summed E-state index contributed by atoms with van der Waals surface area (Å²) in [5.41, 5.74) is 2.66. The van der Waals surface area contributed by atoms with Gasteiger partial charge in [0, 0.05) is 5.54 Å². The zero-order valence-corrected chi connectivity index (χ0v) is 11.1. The molecule has 0 aliphatic heterocycles. The van der Waals surface area contributed by atoms with Crippen LogP contribution in [0.1, 0.15) is 31.4 Å². The molecule has 0 amide bonds. The third-order valence-corrected chi connectivity index (χ3v) is 3.22. The largest absolute Gasteiger partial charge is 0.493 e. The fourth-order valence-corrected chi connectivity index (χ4v) is 1.42. The third-order valence-electron chi connectivity index (χ3n) is 3.22. The predicted octanol–water partition coefficient (Wildman–Crippen LogP) is 3.07. The Bertz CT molecular complexity index is 345. The summed E-state index contributed by atoms with van der Waals surface area (Å²) < 4.78 is 5.82. The molecule has 0 aliphatic rings. The molecule has 1 N–H and O–H groups in total. The van der Waals surface area contributed by atoms with Crippen LogP contribution in [-0.2, 0) is 0 Å². The molecule has 1 rings (SSSR count). The normalized spacial score (nSPS) is 11.6. The van der Waals surface area contributed by atoms with Gasteiger partial charge in [-0.1, -0.05) is 12.1 Å². The summed E-state index contributed by atoms with van der Waals surface area (Å²) >= 11 is 0. The molecule has 1 aromatic carbocycles. The number of aryl methyl sites for hydroxylation is 1. The molecule has 0 bridgehead atoms. The third kappa shape index (κ3) is 3.53. The van der Waals surface area contributed by atoms with Crippen molar-refractivity contribution in [1.29, 1.82) is 0 Å². The lowest BCUT2D eigenvalue weighted by molar-refractivity contribution is 0.254. The topological polar surface area (TPSA) is 21.3 Å². The average molecular weight is 221 g/mol. The van der Waals surface area contributed by atoms with Crippen molar-refractivity contribution in [3.05, 3.63) is 29.3 Å². The maximum Gasteiger partial charge on any atom is 0.122 e. The predicted molar refractivity (Wildman–Crippen MR) is 69.2 cm³/mol. The Morgan fingerprint density at radius 1 is 1.25 bits per heavy atom. The second-order valence-electron chi connectivity index (χ2n) is 4.93. The molecule has 0 saturated carbocycles. The summed E-state index contributed by atoms with van der Waals surface area (Å²) in [6, 6.07) is 6.19. The van der Waals surface area contributed by atoms with Crippen molar-refractivity contribution in [2.75, 3.05) is 13.7 Å². The van der Waals surface area contributed by atoms with Gasteiger partial charge in [-0.3, -0.25) is 0 Å². The molecular weight excluding hydrogens is 198 g/mol. The number of hydrogen-bond donors (Lipinski definition) is 1. The van der Waals surface area contributed by atoms with E-state index in [9.17, 15) is 0 Å². The van der Waals surface area contributed by atoms with Gasteiger partial charge in [0.1, 0.15) is 5.75 Å². The summed E-state index contributed by atoms with van der Waals surface area (Å²) in [4.78, 5) is 0. The van der Waals surface area contributed by atoms with E-state index < -0.39 is 0 Å². The first-order valence-corrected chi connectivity index (χ1v) is 5.84. The van der Waals surface area contributed by atoms with Gasteiger partial charge >= 0.3 is 0 Å². The SMILES string of the molecule is CNC(C)(C)CCOc1cccc(C)c1C. The van der Waals surface area contributed by atoms with E-state index in [1.807, 2.05) is 19.2 Å². The van der Waals surface area contributed by atoms with Crippen molar-refractivity contribution in [3.63, 3.8) is 0 Å². The maximum absolute atomic E-state index is 5.82. The lowest BCUT2D eigenvalue weighted by Gasteiger charge is -2.24. The van der Waals surface area contributed by atoms with Crippen molar-refractivity contribution in [2.24, 2.45) is 0 Å². The van der Waals surface area contributed by atoms with E-state index in [4.69, 9.17) is 4.74 Å². The van der Waals surface area contributed by atoms with Crippen molar-refractivity contribution in [2.45, 2.75) is 39.7 Å². The van der Waals surface area contributed by atoms with Crippen LogP contribution in [0.15, 0.2) is 18.2 Å². The quantitative estimate of drug-likeness (QED) is 0.825. The van der Waals surface area contributed by atoms with Gasteiger partial charge in [0.05, 0.1) is 6.61 Å². The van der Waals surface area contributed by atoms with E-state index in [2.05, 4.69) is 39.1 Å². The second-order valence-corrected chi connectivity index (χ2v) is 4.93. The van der Waals surface area contributed by atoms with Crippen LogP contribution in [0.3, 0.4) is 0 Å². The molecule has 16 heavy (non-hydrogen) atoms. The Balaban J connectivity index is 2.53. The Kier molecular flexibility index (Phi) is 4.36. The zero-order chi connectivity index (χ0) is 12.2. The van der Waals surface area contributed by atoms with Gasteiger partial charge in [0.2, 0.25) is 0 Å². The summed E-state index contributed by atoms with van der Waals surface area (Å²) in [6.07, 6.45) is 0.997. The van der Waals surface area contributed by atoms with E-state index in [1.54, 1.807) is 0 Å². The molecule has 1 aromatic rings. The van der Waals surface area contributed by atoms with Crippen LogP contribution in [0.2, 0.25) is 0 Å². The molecule has 0 radical (unpaired) electrons. The number of rotatable bonds is 5. The first kappa shape index (κ1) is 13.0. The van der Waals surface area contributed by atoms with Gasteiger partial charge in [-0.2, -0.15) is 0 Å². The molecule has 0 heterocycles. The first-order valence-electron chi connectivity index (χ1n) is 5.84. The monoisotopic (exact) mass is 221 g/mol. The van der Waals surface area contributed by atoms with Gasteiger partial charge in [-0.15, -0.1) is 0 Å². The number of benzene rings is 1. The summed E-state index contributed by atoms with van der Waals surface area (Å²) in [5.74, 6) is 1.01. The molecule has 0 atom stereocenters. The van der Waals surface area contributed by atoms with Crippen LogP contribution >= 0.6 is 0 Å². The number of hydrogen-bond acceptors (Lipinski definition) is 2. The fourth-order valence-electron chi connectivity index (χ4n) is 1.42. The van der Waals surface area contributed by atoms with Gasteiger partial charge in [-0.05, 0) is 58.4 Å². The smallest absolute Gasteiger partial charge is 0.122 e. The van der Waals surface area contributed by atoms with Crippen molar-refractivity contribution >= 4 is 0 Å². The fraction of sp³-hybridized carbons (Fsp3) is 0.571. The molecule has 2 heteroatoms. The van der Waals surface area contributed by atoms with Crippen molar-refractivity contribution in [1.82, 2.24) is 5.32 Å². The van der Waals surface area contributed by atoms with E-state index in [0.717, 1.165) is 18.8 Å². The minimum absolute atomic E-state index is 0.137. The number of nitrogens with one attached hydrogen (secondary N) is 1. The Hall–Kier alpha value is -1.02.